The number of hydrogen-bond donors (Lipinski definition) is 1. The molecule has 152 valence electrons. The van der Waals surface area contributed by atoms with Crippen LogP contribution in [0.3, 0.4) is 0 Å². The number of nitrogens with one attached hydrogen (secondary N) is 1. The number of benzene rings is 2. The van der Waals surface area contributed by atoms with Crippen LogP contribution in [-0.4, -0.2) is 36.5 Å². The van der Waals surface area contributed by atoms with Gasteiger partial charge in [-0.1, -0.05) is 13.8 Å². The summed E-state index contributed by atoms with van der Waals surface area (Å²) in [6, 6.07) is 14.3. The summed E-state index contributed by atoms with van der Waals surface area (Å²) in [6.45, 7) is 4.63. The molecule has 8 nitrogen and oxygen atoms in total. The van der Waals surface area contributed by atoms with Crippen molar-refractivity contribution in [2.24, 2.45) is 5.92 Å². The maximum absolute atomic E-state index is 12.2. The average molecular weight is 397 g/mol. The Morgan fingerprint density at radius 3 is 2.24 bits per heavy atom. The lowest BCUT2D eigenvalue weighted by Crippen LogP contribution is -2.20. The van der Waals surface area contributed by atoms with Gasteiger partial charge in [0.2, 0.25) is 5.82 Å². The smallest absolute Gasteiger partial charge is 0.263 e. The first-order valence-corrected chi connectivity index (χ1v) is 9.17. The average Bonchev–Trinajstić information content (AvgIpc) is 3.19. The van der Waals surface area contributed by atoms with E-state index < -0.39 is 0 Å². The predicted molar refractivity (Wildman–Crippen MR) is 107 cm³/mol. The second-order valence-electron chi connectivity index (χ2n) is 6.70. The fourth-order valence-electron chi connectivity index (χ4n) is 2.42. The summed E-state index contributed by atoms with van der Waals surface area (Å²) in [5.74, 6) is 2.31. The Morgan fingerprint density at radius 1 is 0.966 bits per heavy atom. The van der Waals surface area contributed by atoms with Gasteiger partial charge in [0.1, 0.15) is 17.2 Å². The molecule has 1 N–H and O–H groups in total. The second-order valence-corrected chi connectivity index (χ2v) is 6.70. The first kappa shape index (κ1) is 20.2. The Bertz CT molecular complexity index is 920. The number of nitrogens with zero attached hydrogens (tertiary/aromatic N) is 2. The van der Waals surface area contributed by atoms with Crippen LogP contribution in [0.2, 0.25) is 0 Å². The van der Waals surface area contributed by atoms with Gasteiger partial charge in [-0.2, -0.15) is 0 Å². The van der Waals surface area contributed by atoms with Crippen LogP contribution in [0.25, 0.3) is 11.3 Å². The highest BCUT2D eigenvalue weighted by molar-refractivity contribution is 5.94. The van der Waals surface area contributed by atoms with Gasteiger partial charge < -0.3 is 19.5 Å². The zero-order valence-electron chi connectivity index (χ0n) is 16.5. The van der Waals surface area contributed by atoms with Crippen molar-refractivity contribution in [1.82, 2.24) is 10.3 Å². The fraction of sp³-hybridized carbons (Fsp3) is 0.286. The number of aromatic nitrogens is 2. The lowest BCUT2D eigenvalue weighted by molar-refractivity contribution is -0.118. The largest absolute Gasteiger partial charge is 0.497 e. The van der Waals surface area contributed by atoms with E-state index in [1.807, 2.05) is 24.3 Å². The van der Waals surface area contributed by atoms with E-state index >= 15 is 0 Å². The van der Waals surface area contributed by atoms with Crippen molar-refractivity contribution in [3.05, 3.63) is 48.5 Å². The minimum absolute atomic E-state index is 0.180. The number of methoxy groups -OCH3 is 1. The monoisotopic (exact) mass is 397 g/mol. The van der Waals surface area contributed by atoms with Crippen LogP contribution >= 0.6 is 0 Å². The van der Waals surface area contributed by atoms with E-state index in [1.54, 1.807) is 31.4 Å². The fourth-order valence-corrected chi connectivity index (χ4v) is 2.42. The highest BCUT2D eigenvalue weighted by Crippen LogP contribution is 2.26. The third-order valence-electron chi connectivity index (χ3n) is 3.89. The van der Waals surface area contributed by atoms with Crippen molar-refractivity contribution in [1.29, 1.82) is 0 Å². The number of carbonyl (C=O) groups excluding carboxylic acids is 1. The lowest BCUT2D eigenvalue weighted by atomic mass is 10.1. The Kier molecular flexibility index (Phi) is 6.67. The van der Waals surface area contributed by atoms with Crippen molar-refractivity contribution >= 4 is 11.7 Å². The molecular weight excluding hydrogens is 374 g/mol. The van der Waals surface area contributed by atoms with Crippen molar-refractivity contribution in [3.8, 4) is 28.5 Å². The normalized spacial score (nSPS) is 10.6. The summed E-state index contributed by atoms with van der Waals surface area (Å²) in [5, 5.41) is 10.3. The Hall–Kier alpha value is -3.55. The van der Waals surface area contributed by atoms with Gasteiger partial charge in [0.15, 0.2) is 12.3 Å². The molecule has 29 heavy (non-hydrogen) atoms. The molecule has 8 heteroatoms. The minimum atomic E-state index is -0.380. The molecule has 0 fully saturated rings. The first-order chi connectivity index (χ1) is 14.0. The topological polar surface area (TPSA) is 95.7 Å². The third kappa shape index (κ3) is 5.71. The molecule has 0 bridgehead atoms. The van der Waals surface area contributed by atoms with E-state index in [1.165, 1.54) is 0 Å². The summed E-state index contributed by atoms with van der Waals surface area (Å²) in [5.41, 5.74) is 1.17. The van der Waals surface area contributed by atoms with Crippen LogP contribution in [0.1, 0.15) is 13.8 Å². The summed E-state index contributed by atoms with van der Waals surface area (Å²) in [7, 11) is 1.58. The number of amides is 1. The standard InChI is InChI=1S/C21H23N3O5/c1-14(2)12-27-17-6-4-15(5-7-17)20-21(24-29-23-20)22-19(25)13-28-18-10-8-16(26-3)9-11-18/h4-11,14H,12-13H2,1-3H3,(H,22,24,25). The van der Waals surface area contributed by atoms with Gasteiger partial charge in [-0.05, 0) is 64.8 Å². The molecule has 2 aromatic carbocycles. The van der Waals surface area contributed by atoms with Crippen molar-refractivity contribution in [2.45, 2.75) is 13.8 Å². The van der Waals surface area contributed by atoms with Gasteiger partial charge in [0, 0.05) is 5.56 Å². The van der Waals surface area contributed by atoms with E-state index in [2.05, 4.69) is 29.5 Å². The van der Waals surface area contributed by atoms with Crippen LogP contribution in [0, 0.1) is 5.92 Å². The number of anilines is 1. The third-order valence-corrected chi connectivity index (χ3v) is 3.89. The molecule has 3 aromatic rings. The number of rotatable bonds is 9. The number of carbonyl (C=O) groups is 1. The zero-order chi connectivity index (χ0) is 20.6. The maximum Gasteiger partial charge on any atom is 0.263 e. The molecule has 0 aliphatic heterocycles. The van der Waals surface area contributed by atoms with Crippen LogP contribution in [-0.2, 0) is 4.79 Å². The molecule has 1 aromatic heterocycles. The van der Waals surface area contributed by atoms with Gasteiger partial charge >= 0.3 is 0 Å². The highest BCUT2D eigenvalue weighted by atomic mass is 16.6. The molecule has 3 rings (SSSR count). The second kappa shape index (κ2) is 9.59. The molecule has 0 saturated carbocycles. The van der Waals surface area contributed by atoms with Gasteiger partial charge in [-0.3, -0.25) is 4.79 Å². The van der Waals surface area contributed by atoms with E-state index in [4.69, 9.17) is 18.8 Å². The van der Waals surface area contributed by atoms with Gasteiger partial charge in [0.05, 0.1) is 13.7 Å². The van der Waals surface area contributed by atoms with Crippen LogP contribution < -0.4 is 19.5 Å². The van der Waals surface area contributed by atoms with Crippen molar-refractivity contribution in [3.63, 3.8) is 0 Å². The predicted octanol–water partition coefficient (Wildman–Crippen LogP) is 3.80. The summed E-state index contributed by atoms with van der Waals surface area (Å²) >= 11 is 0. The van der Waals surface area contributed by atoms with Gasteiger partial charge in [0.25, 0.3) is 5.91 Å². The quantitative estimate of drug-likeness (QED) is 0.587. The zero-order valence-corrected chi connectivity index (χ0v) is 16.5. The Balaban J connectivity index is 1.58. The minimum Gasteiger partial charge on any atom is -0.497 e. The molecule has 0 spiro atoms. The first-order valence-electron chi connectivity index (χ1n) is 9.17. The molecular formula is C21H23N3O5. The van der Waals surface area contributed by atoms with E-state index in [0.717, 1.165) is 11.3 Å². The Morgan fingerprint density at radius 2 is 1.59 bits per heavy atom. The number of hydrogen-bond acceptors (Lipinski definition) is 7. The van der Waals surface area contributed by atoms with Crippen molar-refractivity contribution in [2.75, 3.05) is 25.6 Å². The molecule has 0 atom stereocenters. The van der Waals surface area contributed by atoms with Crippen molar-refractivity contribution < 1.29 is 23.6 Å². The molecule has 0 aliphatic rings. The molecule has 1 heterocycles. The summed E-state index contributed by atoms with van der Waals surface area (Å²) in [6.07, 6.45) is 0. The lowest BCUT2D eigenvalue weighted by Gasteiger charge is -2.09. The van der Waals surface area contributed by atoms with E-state index in [0.29, 0.717) is 29.7 Å². The van der Waals surface area contributed by atoms with Crippen LogP contribution in [0.5, 0.6) is 17.2 Å². The molecule has 0 radical (unpaired) electrons. The maximum atomic E-state index is 12.2. The molecule has 0 aliphatic carbocycles. The van der Waals surface area contributed by atoms with E-state index in [-0.39, 0.29) is 18.3 Å². The highest BCUT2D eigenvalue weighted by Gasteiger charge is 2.15. The molecule has 1 amide bonds. The molecule has 0 unspecified atom stereocenters. The van der Waals surface area contributed by atoms with Gasteiger partial charge in [-0.25, -0.2) is 4.63 Å². The number of ether oxygens (including phenoxy) is 3. The summed E-state index contributed by atoms with van der Waals surface area (Å²) < 4.78 is 21.0. The van der Waals surface area contributed by atoms with E-state index in [9.17, 15) is 4.79 Å². The van der Waals surface area contributed by atoms with Gasteiger partial charge in [-0.15, -0.1) is 0 Å². The van der Waals surface area contributed by atoms with Crippen LogP contribution in [0.4, 0.5) is 5.82 Å². The summed E-state index contributed by atoms with van der Waals surface area (Å²) in [4.78, 5) is 12.2. The SMILES string of the molecule is COc1ccc(OCC(=O)Nc2nonc2-c2ccc(OCC(C)C)cc2)cc1. The Labute approximate surface area is 168 Å². The molecule has 0 saturated heterocycles. The van der Waals surface area contributed by atoms with Crippen LogP contribution in [0.15, 0.2) is 53.2 Å².